The number of hydrogen-bond donors (Lipinski definition) is 2. The summed E-state index contributed by atoms with van der Waals surface area (Å²) in [6.07, 6.45) is 4.67. The van der Waals surface area contributed by atoms with Gasteiger partial charge in [0.2, 0.25) is 5.91 Å². The lowest BCUT2D eigenvalue weighted by Gasteiger charge is -2.36. The summed E-state index contributed by atoms with van der Waals surface area (Å²) in [4.78, 5) is 39.7. The summed E-state index contributed by atoms with van der Waals surface area (Å²) in [7, 11) is 0. The molecule has 2 amide bonds. The third kappa shape index (κ3) is 8.86. The Bertz CT molecular complexity index is 1060. The number of nitrogens with one attached hydrogen (secondary N) is 2. The van der Waals surface area contributed by atoms with E-state index >= 15 is 0 Å². The zero-order valence-electron chi connectivity index (χ0n) is 21.2. The van der Waals surface area contributed by atoms with Gasteiger partial charge in [0.05, 0.1) is 25.2 Å². The van der Waals surface area contributed by atoms with E-state index in [1.54, 1.807) is 23.1 Å². The number of piperazine rings is 1. The van der Waals surface area contributed by atoms with Crippen LogP contribution in [0.25, 0.3) is 0 Å². The molecule has 1 saturated heterocycles. The number of carbonyl (C=O) groups excluding carboxylic acids is 3. The van der Waals surface area contributed by atoms with Gasteiger partial charge >= 0.3 is 5.97 Å². The predicted molar refractivity (Wildman–Crippen MR) is 145 cm³/mol. The van der Waals surface area contributed by atoms with Crippen molar-refractivity contribution in [2.24, 2.45) is 0 Å². The normalized spacial score (nSPS) is 15.0. The van der Waals surface area contributed by atoms with E-state index in [2.05, 4.69) is 17.6 Å². The Labute approximate surface area is 223 Å². The molecule has 0 bridgehead atoms. The number of carbonyl (C=O) groups is 3. The number of ether oxygens (including phenoxy) is 2. The number of esters is 1. The van der Waals surface area contributed by atoms with Crippen molar-refractivity contribution in [3.8, 4) is 5.75 Å². The maximum Gasteiger partial charge on any atom is 0.308 e. The van der Waals surface area contributed by atoms with Crippen molar-refractivity contribution in [3.63, 3.8) is 0 Å². The fraction of sp³-hybridized carbons (Fsp3) is 0.429. The molecule has 2 N–H and O–H groups in total. The summed E-state index contributed by atoms with van der Waals surface area (Å²) < 4.78 is 11.2. The minimum atomic E-state index is -0.865. The summed E-state index contributed by atoms with van der Waals surface area (Å²) in [6.45, 7) is 3.60. The molecule has 9 heteroatoms. The first-order chi connectivity index (χ1) is 18.0. The Kier molecular flexibility index (Phi) is 11.4. The monoisotopic (exact) mass is 525 g/mol. The number of rotatable bonds is 12. The Balaban J connectivity index is 1.56. The molecule has 0 saturated carbocycles. The standard InChI is InChI=1S/C28H35N3O5S/c1-2-3-4-10-18-35-24-14-9-8-13-22(24)26(33)30-28(37)31-17-16-29-27(34)23(31)20-25(32)36-19-15-21-11-6-5-7-12-21/h5-9,11-14,23H,2-4,10,15-20H2,1H3,(H,29,34)(H,30,33,37). The Morgan fingerprint density at radius 3 is 2.59 bits per heavy atom. The van der Waals surface area contributed by atoms with Gasteiger partial charge in [-0.05, 0) is 36.3 Å². The molecule has 1 aliphatic heterocycles. The van der Waals surface area contributed by atoms with Crippen molar-refractivity contribution in [2.45, 2.75) is 51.5 Å². The van der Waals surface area contributed by atoms with E-state index in [1.165, 1.54) is 0 Å². The van der Waals surface area contributed by atoms with Gasteiger partial charge in [0.15, 0.2) is 5.11 Å². The molecule has 1 fully saturated rings. The molecule has 1 atom stereocenters. The first kappa shape index (κ1) is 28.1. The highest BCUT2D eigenvalue weighted by atomic mass is 32.1. The van der Waals surface area contributed by atoms with E-state index in [1.807, 2.05) is 36.4 Å². The van der Waals surface area contributed by atoms with Gasteiger partial charge in [-0.15, -0.1) is 0 Å². The molecule has 37 heavy (non-hydrogen) atoms. The first-order valence-electron chi connectivity index (χ1n) is 12.8. The zero-order chi connectivity index (χ0) is 26.5. The summed E-state index contributed by atoms with van der Waals surface area (Å²) in [6, 6.07) is 15.8. The molecule has 3 rings (SSSR count). The molecule has 0 aromatic heterocycles. The molecule has 1 heterocycles. The number of benzene rings is 2. The third-order valence-corrected chi connectivity index (χ3v) is 6.39. The van der Waals surface area contributed by atoms with E-state index in [0.29, 0.717) is 37.4 Å². The second kappa shape index (κ2) is 14.9. The van der Waals surface area contributed by atoms with E-state index in [4.69, 9.17) is 21.7 Å². The highest BCUT2D eigenvalue weighted by Crippen LogP contribution is 2.19. The zero-order valence-corrected chi connectivity index (χ0v) is 22.1. The summed E-state index contributed by atoms with van der Waals surface area (Å²) in [5.74, 6) is -0.781. The van der Waals surface area contributed by atoms with Gasteiger partial charge in [-0.2, -0.15) is 0 Å². The number of hydrogen-bond acceptors (Lipinski definition) is 6. The Hall–Kier alpha value is -3.46. The molecule has 0 radical (unpaired) electrons. The lowest BCUT2D eigenvalue weighted by Crippen LogP contribution is -2.60. The summed E-state index contributed by atoms with van der Waals surface area (Å²) >= 11 is 5.48. The molecule has 1 aliphatic rings. The van der Waals surface area contributed by atoms with Crippen molar-refractivity contribution in [1.29, 1.82) is 0 Å². The molecule has 2 aromatic carbocycles. The van der Waals surface area contributed by atoms with E-state index in [9.17, 15) is 14.4 Å². The molecule has 0 spiro atoms. The number of para-hydroxylation sites is 1. The number of nitrogens with zero attached hydrogens (tertiary/aromatic N) is 1. The van der Waals surface area contributed by atoms with Gasteiger partial charge in [0.25, 0.3) is 5.91 Å². The molecular formula is C28H35N3O5S. The molecule has 2 aromatic rings. The summed E-state index contributed by atoms with van der Waals surface area (Å²) in [5, 5.41) is 5.55. The van der Waals surface area contributed by atoms with Crippen molar-refractivity contribution in [1.82, 2.24) is 15.5 Å². The lowest BCUT2D eigenvalue weighted by molar-refractivity contribution is -0.147. The van der Waals surface area contributed by atoms with Crippen molar-refractivity contribution in [2.75, 3.05) is 26.3 Å². The topological polar surface area (TPSA) is 97.0 Å². The smallest absolute Gasteiger partial charge is 0.308 e. The highest BCUT2D eigenvalue weighted by molar-refractivity contribution is 7.80. The Morgan fingerprint density at radius 2 is 1.81 bits per heavy atom. The van der Waals surface area contributed by atoms with Gasteiger partial charge in [0.1, 0.15) is 11.8 Å². The van der Waals surface area contributed by atoms with E-state index in [-0.39, 0.29) is 24.0 Å². The van der Waals surface area contributed by atoms with Gasteiger partial charge in [-0.3, -0.25) is 19.7 Å². The second-order valence-corrected chi connectivity index (χ2v) is 9.21. The van der Waals surface area contributed by atoms with Crippen LogP contribution in [0, 0.1) is 0 Å². The fourth-order valence-corrected chi connectivity index (χ4v) is 4.34. The number of thiocarbonyl (C=S) groups is 1. The van der Waals surface area contributed by atoms with Crippen LogP contribution in [0.5, 0.6) is 5.75 Å². The maximum absolute atomic E-state index is 13.0. The first-order valence-corrected chi connectivity index (χ1v) is 13.2. The van der Waals surface area contributed by atoms with Crippen LogP contribution in [0.4, 0.5) is 0 Å². The third-order valence-electron chi connectivity index (χ3n) is 6.06. The van der Waals surface area contributed by atoms with Crippen LogP contribution >= 0.6 is 12.2 Å². The van der Waals surface area contributed by atoms with Crippen LogP contribution < -0.4 is 15.4 Å². The van der Waals surface area contributed by atoms with Crippen molar-refractivity contribution < 1.29 is 23.9 Å². The van der Waals surface area contributed by atoms with Crippen LogP contribution in [0.15, 0.2) is 54.6 Å². The minimum absolute atomic E-state index is 0.0830. The van der Waals surface area contributed by atoms with Crippen LogP contribution in [-0.4, -0.2) is 60.1 Å². The second-order valence-electron chi connectivity index (χ2n) is 8.82. The van der Waals surface area contributed by atoms with Gasteiger partial charge in [-0.1, -0.05) is 68.7 Å². The molecule has 8 nitrogen and oxygen atoms in total. The van der Waals surface area contributed by atoms with Crippen LogP contribution in [0.2, 0.25) is 0 Å². The van der Waals surface area contributed by atoms with Crippen molar-refractivity contribution >= 4 is 35.1 Å². The van der Waals surface area contributed by atoms with Crippen LogP contribution in [-0.2, 0) is 20.7 Å². The van der Waals surface area contributed by atoms with Gasteiger partial charge in [0, 0.05) is 19.5 Å². The maximum atomic E-state index is 13.0. The average molecular weight is 526 g/mol. The van der Waals surface area contributed by atoms with E-state index in [0.717, 1.165) is 31.2 Å². The fourth-order valence-electron chi connectivity index (χ4n) is 4.03. The summed E-state index contributed by atoms with van der Waals surface area (Å²) in [5.41, 5.74) is 1.42. The Morgan fingerprint density at radius 1 is 1.05 bits per heavy atom. The molecule has 198 valence electrons. The quantitative estimate of drug-likeness (QED) is 0.248. The van der Waals surface area contributed by atoms with Gasteiger partial charge in [-0.25, -0.2) is 0 Å². The van der Waals surface area contributed by atoms with Crippen LogP contribution in [0.1, 0.15) is 54.9 Å². The van der Waals surface area contributed by atoms with Crippen molar-refractivity contribution in [3.05, 3.63) is 65.7 Å². The highest BCUT2D eigenvalue weighted by Gasteiger charge is 2.34. The molecule has 0 aliphatic carbocycles. The SMILES string of the molecule is CCCCCCOc1ccccc1C(=O)NC(=S)N1CCNC(=O)C1CC(=O)OCCc1ccccc1. The predicted octanol–water partition coefficient (Wildman–Crippen LogP) is 3.64. The van der Waals surface area contributed by atoms with Crippen LogP contribution in [0.3, 0.4) is 0 Å². The molecular weight excluding hydrogens is 490 g/mol. The number of unbranched alkanes of at least 4 members (excludes halogenated alkanes) is 3. The lowest BCUT2D eigenvalue weighted by atomic mass is 10.1. The largest absolute Gasteiger partial charge is 0.493 e. The molecule has 1 unspecified atom stereocenters. The van der Waals surface area contributed by atoms with Gasteiger partial charge < -0.3 is 19.7 Å². The number of amides is 2. The average Bonchev–Trinajstić information content (AvgIpc) is 2.90. The minimum Gasteiger partial charge on any atom is -0.493 e. The van der Waals surface area contributed by atoms with E-state index < -0.39 is 17.9 Å².